The number of urea groups is 1. The van der Waals surface area contributed by atoms with E-state index in [9.17, 15) is 27.9 Å². The van der Waals surface area contributed by atoms with Gasteiger partial charge in [0.2, 0.25) is 5.91 Å². The number of halogens is 3. The normalized spacial score (nSPS) is 11.7. The van der Waals surface area contributed by atoms with Crippen LogP contribution in [0.5, 0.6) is 0 Å². The number of benzene rings is 2. The van der Waals surface area contributed by atoms with E-state index < -0.39 is 23.3 Å². The number of carbonyl (C=O) groups excluding carboxylic acids is 2. The predicted molar refractivity (Wildman–Crippen MR) is 104 cm³/mol. The van der Waals surface area contributed by atoms with Gasteiger partial charge in [-0.05, 0) is 43.7 Å². The van der Waals surface area contributed by atoms with Gasteiger partial charge in [-0.25, -0.2) is 4.79 Å². The van der Waals surface area contributed by atoms with Crippen LogP contribution in [0.2, 0.25) is 0 Å². The zero-order valence-electron chi connectivity index (χ0n) is 15.9. The summed E-state index contributed by atoms with van der Waals surface area (Å²) in [6.07, 6.45) is -4.51. The molecule has 4 N–H and O–H groups in total. The number of alkyl halides is 3. The summed E-state index contributed by atoms with van der Waals surface area (Å²) in [5.74, 6) is -0.272. The van der Waals surface area contributed by atoms with Gasteiger partial charge < -0.3 is 21.1 Å². The summed E-state index contributed by atoms with van der Waals surface area (Å²) in [6.45, 7) is 3.18. The Bertz CT molecular complexity index is 865. The van der Waals surface area contributed by atoms with Gasteiger partial charge in [-0.2, -0.15) is 13.2 Å². The first kappa shape index (κ1) is 22.2. The minimum atomic E-state index is -4.59. The summed E-state index contributed by atoms with van der Waals surface area (Å²) in [4.78, 5) is 24.0. The SMILES string of the molecule is CC(C)(CO)NC(=O)Cc1ccc(NC(=O)Nc2ccccc2C(F)(F)F)cc1. The molecule has 0 heterocycles. The van der Waals surface area contributed by atoms with Crippen LogP contribution < -0.4 is 16.0 Å². The van der Waals surface area contributed by atoms with E-state index in [1.165, 1.54) is 24.3 Å². The summed E-state index contributed by atoms with van der Waals surface area (Å²) in [7, 11) is 0. The largest absolute Gasteiger partial charge is 0.418 e. The maximum absolute atomic E-state index is 13.0. The average molecular weight is 409 g/mol. The first-order chi connectivity index (χ1) is 13.5. The number of rotatable bonds is 6. The highest BCUT2D eigenvalue weighted by Gasteiger charge is 2.33. The van der Waals surface area contributed by atoms with E-state index >= 15 is 0 Å². The molecule has 3 amide bonds. The fourth-order valence-electron chi connectivity index (χ4n) is 2.48. The predicted octanol–water partition coefficient (Wildman–Crippen LogP) is 3.78. The van der Waals surface area contributed by atoms with Crippen molar-refractivity contribution < 1.29 is 27.9 Å². The molecule has 0 aromatic heterocycles. The second kappa shape index (κ2) is 8.95. The lowest BCUT2D eigenvalue weighted by atomic mass is 10.1. The number of aliphatic hydroxyl groups is 1. The van der Waals surface area contributed by atoms with Crippen molar-refractivity contribution in [3.63, 3.8) is 0 Å². The number of nitrogens with one attached hydrogen (secondary N) is 3. The summed E-state index contributed by atoms with van der Waals surface area (Å²) >= 11 is 0. The molecule has 0 bridgehead atoms. The molecule has 29 heavy (non-hydrogen) atoms. The monoisotopic (exact) mass is 409 g/mol. The van der Waals surface area contributed by atoms with E-state index in [1.54, 1.807) is 26.0 Å². The van der Waals surface area contributed by atoms with E-state index in [1.807, 2.05) is 0 Å². The smallest absolute Gasteiger partial charge is 0.394 e. The Kier molecular flexibility index (Phi) is 6.86. The third kappa shape index (κ3) is 6.79. The molecule has 0 aliphatic carbocycles. The van der Waals surface area contributed by atoms with Crippen LogP contribution in [-0.4, -0.2) is 29.2 Å². The second-order valence-electron chi connectivity index (χ2n) is 7.09. The van der Waals surface area contributed by atoms with Crippen molar-refractivity contribution in [3.05, 3.63) is 59.7 Å². The Labute approximate surface area is 166 Å². The van der Waals surface area contributed by atoms with E-state index in [0.717, 1.165) is 12.1 Å². The van der Waals surface area contributed by atoms with Crippen LogP contribution in [0.1, 0.15) is 25.0 Å². The Morgan fingerprint density at radius 1 is 0.966 bits per heavy atom. The van der Waals surface area contributed by atoms with Crippen molar-refractivity contribution in [2.75, 3.05) is 17.2 Å². The Balaban J connectivity index is 1.97. The van der Waals surface area contributed by atoms with Crippen LogP contribution in [-0.2, 0) is 17.4 Å². The zero-order valence-corrected chi connectivity index (χ0v) is 15.9. The van der Waals surface area contributed by atoms with Gasteiger partial charge >= 0.3 is 12.2 Å². The average Bonchev–Trinajstić information content (AvgIpc) is 2.62. The van der Waals surface area contributed by atoms with Gasteiger partial charge in [0.05, 0.1) is 29.8 Å². The zero-order chi connectivity index (χ0) is 21.7. The fraction of sp³-hybridized carbons (Fsp3) is 0.300. The third-order valence-electron chi connectivity index (χ3n) is 3.93. The Morgan fingerprint density at radius 3 is 2.17 bits per heavy atom. The van der Waals surface area contributed by atoms with Crippen LogP contribution in [0.15, 0.2) is 48.5 Å². The molecule has 0 radical (unpaired) electrons. The molecule has 0 fully saturated rings. The second-order valence-corrected chi connectivity index (χ2v) is 7.09. The maximum Gasteiger partial charge on any atom is 0.418 e. The van der Waals surface area contributed by atoms with Gasteiger partial charge in [0.25, 0.3) is 0 Å². The van der Waals surface area contributed by atoms with Crippen molar-refractivity contribution >= 4 is 23.3 Å². The fourth-order valence-corrected chi connectivity index (χ4v) is 2.48. The summed E-state index contributed by atoms with van der Waals surface area (Å²) in [5.41, 5.74) is -1.00. The molecule has 2 aromatic carbocycles. The molecule has 0 unspecified atom stereocenters. The number of hydrogen-bond donors (Lipinski definition) is 4. The lowest BCUT2D eigenvalue weighted by molar-refractivity contribution is -0.137. The number of para-hydroxylation sites is 1. The van der Waals surface area contributed by atoms with E-state index in [2.05, 4.69) is 16.0 Å². The van der Waals surface area contributed by atoms with Crippen LogP contribution in [0.4, 0.5) is 29.3 Å². The summed E-state index contributed by atoms with van der Waals surface area (Å²) < 4.78 is 38.9. The van der Waals surface area contributed by atoms with Crippen LogP contribution in [0, 0.1) is 0 Å². The molecule has 0 aliphatic heterocycles. The number of amides is 3. The maximum atomic E-state index is 13.0. The number of anilines is 2. The Morgan fingerprint density at radius 2 is 1.59 bits per heavy atom. The van der Waals surface area contributed by atoms with Gasteiger partial charge in [-0.3, -0.25) is 4.79 Å². The molecule has 9 heteroatoms. The first-order valence-corrected chi connectivity index (χ1v) is 8.75. The third-order valence-corrected chi connectivity index (χ3v) is 3.93. The molecular weight excluding hydrogens is 387 g/mol. The topological polar surface area (TPSA) is 90.5 Å². The lowest BCUT2D eigenvalue weighted by Crippen LogP contribution is -2.46. The van der Waals surface area contributed by atoms with Gasteiger partial charge in [0, 0.05) is 5.69 Å². The number of carbonyl (C=O) groups is 2. The number of hydrogen-bond acceptors (Lipinski definition) is 3. The van der Waals surface area contributed by atoms with Crippen molar-refractivity contribution in [1.82, 2.24) is 5.32 Å². The molecule has 2 aromatic rings. The molecule has 0 atom stereocenters. The molecular formula is C20H22F3N3O3. The molecule has 156 valence electrons. The molecule has 0 spiro atoms. The highest BCUT2D eigenvalue weighted by Crippen LogP contribution is 2.34. The van der Waals surface area contributed by atoms with E-state index in [0.29, 0.717) is 11.3 Å². The summed E-state index contributed by atoms with van der Waals surface area (Å²) in [5, 5.41) is 16.5. The quantitative estimate of drug-likeness (QED) is 0.585. The van der Waals surface area contributed by atoms with Gasteiger partial charge in [-0.15, -0.1) is 0 Å². The highest BCUT2D eigenvalue weighted by atomic mass is 19.4. The minimum absolute atomic E-state index is 0.0782. The first-order valence-electron chi connectivity index (χ1n) is 8.75. The van der Waals surface area contributed by atoms with E-state index in [4.69, 9.17) is 0 Å². The molecule has 2 rings (SSSR count). The Hall–Kier alpha value is -3.07. The van der Waals surface area contributed by atoms with Crippen molar-refractivity contribution in [3.8, 4) is 0 Å². The molecule has 6 nitrogen and oxygen atoms in total. The van der Waals surface area contributed by atoms with Crippen molar-refractivity contribution in [2.24, 2.45) is 0 Å². The molecule has 0 saturated heterocycles. The van der Waals surface area contributed by atoms with E-state index in [-0.39, 0.29) is 24.6 Å². The number of aliphatic hydroxyl groups excluding tert-OH is 1. The van der Waals surface area contributed by atoms with Crippen molar-refractivity contribution in [1.29, 1.82) is 0 Å². The molecule has 0 saturated carbocycles. The van der Waals surface area contributed by atoms with Crippen LogP contribution in [0.3, 0.4) is 0 Å². The van der Waals surface area contributed by atoms with Gasteiger partial charge in [-0.1, -0.05) is 24.3 Å². The van der Waals surface area contributed by atoms with Crippen LogP contribution >= 0.6 is 0 Å². The minimum Gasteiger partial charge on any atom is -0.394 e. The van der Waals surface area contributed by atoms with Crippen molar-refractivity contribution in [2.45, 2.75) is 32.0 Å². The summed E-state index contributed by atoms with van der Waals surface area (Å²) in [6, 6.07) is 10.2. The van der Waals surface area contributed by atoms with Gasteiger partial charge in [0.15, 0.2) is 0 Å². The lowest BCUT2D eigenvalue weighted by Gasteiger charge is -2.23. The highest BCUT2D eigenvalue weighted by molar-refractivity contribution is 6.00. The molecule has 0 aliphatic rings. The van der Waals surface area contributed by atoms with Crippen LogP contribution in [0.25, 0.3) is 0 Å². The standard InChI is InChI=1S/C20H22F3N3O3/c1-19(2,12-27)26-17(28)11-13-7-9-14(10-8-13)24-18(29)25-16-6-4-3-5-15(16)20(21,22)23/h3-10,27H,11-12H2,1-2H3,(H,26,28)(H2,24,25,29). The van der Waals surface area contributed by atoms with Gasteiger partial charge in [0.1, 0.15) is 0 Å².